The molecule has 2 N–H and O–H groups in total. The largest absolute Gasteiger partial charge is 0.370 e. The van der Waals surface area contributed by atoms with Gasteiger partial charge >= 0.3 is 0 Å². The second kappa shape index (κ2) is 12.9. The summed E-state index contributed by atoms with van der Waals surface area (Å²) < 4.78 is 0. The van der Waals surface area contributed by atoms with E-state index in [9.17, 15) is 14.4 Å². The smallest absolute Gasteiger partial charge is 0.240 e. The van der Waals surface area contributed by atoms with Crippen molar-refractivity contribution < 1.29 is 14.4 Å². The number of rotatable bonds is 11. The van der Waals surface area contributed by atoms with E-state index in [-0.39, 0.29) is 42.5 Å². The Kier molecular flexibility index (Phi) is 8.84. The molecule has 1 fully saturated rings. The third kappa shape index (κ3) is 6.92. The lowest BCUT2D eigenvalue weighted by molar-refractivity contribution is -0.137. The molecule has 5 rings (SSSR count). The zero-order chi connectivity index (χ0) is 27.9. The summed E-state index contributed by atoms with van der Waals surface area (Å²) in [5.41, 5.74) is 4.14. The number of fused-ring (bicyclic) bond motifs is 1. The van der Waals surface area contributed by atoms with E-state index in [1.54, 1.807) is 23.4 Å². The normalized spacial score (nSPS) is 19.0. The number of nitrogens with zero attached hydrogens (tertiary/aromatic N) is 3. The highest BCUT2D eigenvalue weighted by Crippen LogP contribution is 2.31. The number of aryl methyl sites for hydroxylation is 2. The zero-order valence-corrected chi connectivity index (χ0v) is 23.0. The minimum Gasteiger partial charge on any atom is -0.370 e. The number of amides is 2. The van der Waals surface area contributed by atoms with Crippen LogP contribution in [-0.2, 0) is 33.6 Å². The Balaban J connectivity index is 1.28. The molecule has 3 atom stereocenters. The molecule has 2 aromatic heterocycles. The minimum absolute atomic E-state index is 0.0108. The van der Waals surface area contributed by atoms with Gasteiger partial charge in [0.2, 0.25) is 11.8 Å². The zero-order valence-electron chi connectivity index (χ0n) is 23.0. The third-order valence-electron chi connectivity index (χ3n) is 7.87. The number of carbonyl (C=O) groups excluding carboxylic acids is 3. The molecular formula is C32H37N5O3. The molecule has 0 saturated carbocycles. The fourth-order valence-electron chi connectivity index (χ4n) is 5.85. The predicted octanol–water partition coefficient (Wildman–Crippen LogP) is 4.06. The van der Waals surface area contributed by atoms with Crippen LogP contribution in [0, 0.1) is 5.92 Å². The van der Waals surface area contributed by atoms with Gasteiger partial charge in [-0.15, -0.1) is 0 Å². The number of Topliss-reactive ketones (excluding diaryl/α,β-unsaturated/α-hetero) is 1. The third-order valence-corrected chi connectivity index (χ3v) is 7.87. The molecule has 3 aromatic rings. The summed E-state index contributed by atoms with van der Waals surface area (Å²) in [6.07, 6.45) is 8.45. The van der Waals surface area contributed by atoms with Gasteiger partial charge in [-0.3, -0.25) is 19.4 Å². The molecule has 208 valence electrons. The molecule has 2 amide bonds. The van der Waals surface area contributed by atoms with Gasteiger partial charge in [0.25, 0.3) is 0 Å². The molecule has 40 heavy (non-hydrogen) atoms. The van der Waals surface area contributed by atoms with Crippen LogP contribution >= 0.6 is 0 Å². The van der Waals surface area contributed by atoms with Crippen LogP contribution in [0.4, 0.5) is 5.82 Å². The molecular weight excluding hydrogens is 502 g/mol. The number of nitrogens with one attached hydrogen (secondary N) is 2. The lowest BCUT2D eigenvalue weighted by Gasteiger charge is -2.26. The molecule has 1 saturated heterocycles. The summed E-state index contributed by atoms with van der Waals surface area (Å²) in [6.45, 7) is 2.41. The highest BCUT2D eigenvalue weighted by atomic mass is 16.2. The molecule has 2 aliphatic rings. The van der Waals surface area contributed by atoms with Gasteiger partial charge in [-0.2, -0.15) is 0 Å². The molecule has 0 aliphatic carbocycles. The van der Waals surface area contributed by atoms with Crippen LogP contribution in [0.25, 0.3) is 0 Å². The summed E-state index contributed by atoms with van der Waals surface area (Å²) in [5, 5.41) is 6.37. The van der Waals surface area contributed by atoms with Crippen molar-refractivity contribution >= 4 is 23.4 Å². The Morgan fingerprint density at radius 2 is 1.98 bits per heavy atom. The van der Waals surface area contributed by atoms with E-state index in [4.69, 9.17) is 4.98 Å². The van der Waals surface area contributed by atoms with Gasteiger partial charge in [-0.1, -0.05) is 42.5 Å². The van der Waals surface area contributed by atoms with E-state index in [0.717, 1.165) is 42.0 Å². The second-order valence-electron chi connectivity index (χ2n) is 10.9. The number of hydrogen-bond donors (Lipinski definition) is 2. The molecule has 2 aliphatic heterocycles. The van der Waals surface area contributed by atoms with Crippen LogP contribution in [0.2, 0.25) is 0 Å². The van der Waals surface area contributed by atoms with Gasteiger partial charge in [0, 0.05) is 43.0 Å². The van der Waals surface area contributed by atoms with Gasteiger partial charge in [0.05, 0.1) is 12.6 Å². The van der Waals surface area contributed by atoms with Crippen molar-refractivity contribution in [2.75, 3.05) is 18.4 Å². The predicted molar refractivity (Wildman–Crippen MR) is 154 cm³/mol. The standard InChI is InChI=1S/C32H37N5O3/c1-22(38)17-29(26-10-5-15-33-20-26)36-30(39)21-37-28(18-23-7-3-2-4-8-23)19-25(32(37)40)12-14-27-13-11-24-9-6-16-34-31(24)35-27/h2-5,7-8,10-11,13,15,20,25,28-29H,6,9,12,14,16-19,21H2,1H3,(H,34,35)(H,36,39)/t25-,28+,29-/m0/s1. The number of benzene rings is 1. The van der Waals surface area contributed by atoms with E-state index in [0.29, 0.717) is 25.7 Å². The number of pyridine rings is 2. The molecule has 8 heteroatoms. The van der Waals surface area contributed by atoms with Crippen molar-refractivity contribution in [2.24, 2.45) is 5.92 Å². The molecule has 0 spiro atoms. The molecule has 4 heterocycles. The van der Waals surface area contributed by atoms with Crippen molar-refractivity contribution in [1.82, 2.24) is 20.2 Å². The Bertz CT molecular complexity index is 1330. The Labute approximate surface area is 235 Å². The first kappa shape index (κ1) is 27.5. The summed E-state index contributed by atoms with van der Waals surface area (Å²) in [7, 11) is 0. The lowest BCUT2D eigenvalue weighted by atomic mass is 9.95. The van der Waals surface area contributed by atoms with Crippen molar-refractivity contribution in [1.29, 1.82) is 0 Å². The first-order valence-corrected chi connectivity index (χ1v) is 14.2. The molecule has 0 radical (unpaired) electrons. The lowest BCUT2D eigenvalue weighted by Crippen LogP contribution is -2.44. The van der Waals surface area contributed by atoms with Gasteiger partial charge in [0.1, 0.15) is 11.6 Å². The Morgan fingerprint density at radius 3 is 2.75 bits per heavy atom. The summed E-state index contributed by atoms with van der Waals surface area (Å²) in [5.74, 6) is 0.509. The first-order valence-electron chi connectivity index (χ1n) is 14.2. The minimum atomic E-state index is -0.483. The fraction of sp³-hybridized carbons (Fsp3) is 0.406. The van der Waals surface area contributed by atoms with E-state index in [2.05, 4.69) is 39.9 Å². The van der Waals surface area contributed by atoms with Gasteiger partial charge in [-0.05, 0) is 74.3 Å². The average molecular weight is 540 g/mol. The summed E-state index contributed by atoms with van der Waals surface area (Å²) in [6, 6.07) is 17.4. The van der Waals surface area contributed by atoms with Gasteiger partial charge < -0.3 is 15.5 Å². The van der Waals surface area contributed by atoms with E-state index < -0.39 is 6.04 Å². The van der Waals surface area contributed by atoms with E-state index in [1.807, 2.05) is 24.3 Å². The highest BCUT2D eigenvalue weighted by Gasteiger charge is 2.40. The second-order valence-corrected chi connectivity index (χ2v) is 10.9. The number of carbonyl (C=O) groups is 3. The van der Waals surface area contributed by atoms with Crippen LogP contribution in [0.1, 0.15) is 61.0 Å². The SMILES string of the molecule is CC(=O)C[C@H](NC(=O)CN1C(=O)[C@@H](CCc2ccc3c(n2)NCCC3)C[C@H]1Cc1ccccc1)c1cccnc1. The van der Waals surface area contributed by atoms with Crippen LogP contribution in [0.3, 0.4) is 0 Å². The maximum absolute atomic E-state index is 13.7. The quantitative estimate of drug-likeness (QED) is 0.381. The Morgan fingerprint density at radius 1 is 1.12 bits per heavy atom. The van der Waals surface area contributed by atoms with Crippen molar-refractivity contribution in [3.63, 3.8) is 0 Å². The highest BCUT2D eigenvalue weighted by molar-refractivity contribution is 5.88. The topological polar surface area (TPSA) is 104 Å². The first-order chi connectivity index (χ1) is 19.5. The molecule has 8 nitrogen and oxygen atoms in total. The van der Waals surface area contributed by atoms with Gasteiger partial charge in [-0.25, -0.2) is 4.98 Å². The average Bonchev–Trinajstić information content (AvgIpc) is 3.25. The molecule has 0 unspecified atom stereocenters. The van der Waals surface area contributed by atoms with E-state index in [1.165, 1.54) is 12.5 Å². The molecule has 0 bridgehead atoms. The number of hydrogen-bond acceptors (Lipinski definition) is 6. The maximum atomic E-state index is 13.7. The number of likely N-dealkylation sites (tertiary alicyclic amines) is 1. The van der Waals surface area contributed by atoms with Crippen LogP contribution in [0.15, 0.2) is 67.0 Å². The maximum Gasteiger partial charge on any atom is 0.240 e. The number of anilines is 1. The number of ketones is 1. The van der Waals surface area contributed by atoms with E-state index >= 15 is 0 Å². The van der Waals surface area contributed by atoms with Crippen LogP contribution < -0.4 is 10.6 Å². The summed E-state index contributed by atoms with van der Waals surface area (Å²) >= 11 is 0. The molecule has 1 aromatic carbocycles. The van der Waals surface area contributed by atoms with Crippen molar-refractivity contribution in [2.45, 2.75) is 64.0 Å². The van der Waals surface area contributed by atoms with Crippen LogP contribution in [0.5, 0.6) is 0 Å². The number of aromatic nitrogens is 2. The van der Waals surface area contributed by atoms with Gasteiger partial charge in [0.15, 0.2) is 0 Å². The fourth-order valence-corrected chi connectivity index (χ4v) is 5.85. The van der Waals surface area contributed by atoms with Crippen molar-refractivity contribution in [3.8, 4) is 0 Å². The summed E-state index contributed by atoms with van der Waals surface area (Å²) in [4.78, 5) is 49.6. The Hall–Kier alpha value is -4.07. The van der Waals surface area contributed by atoms with Crippen LogP contribution in [-0.4, -0.2) is 51.6 Å². The monoisotopic (exact) mass is 539 g/mol. The van der Waals surface area contributed by atoms with Crippen molar-refractivity contribution in [3.05, 3.63) is 89.4 Å².